The van der Waals surface area contributed by atoms with Crippen molar-refractivity contribution in [3.63, 3.8) is 0 Å². The fourth-order valence-electron chi connectivity index (χ4n) is 4.41. The van der Waals surface area contributed by atoms with Gasteiger partial charge in [0.1, 0.15) is 18.9 Å². The van der Waals surface area contributed by atoms with E-state index in [2.05, 4.69) is 16.5 Å². The molecule has 8 nitrogen and oxygen atoms in total. The molecule has 0 saturated carbocycles. The molecule has 5 rings (SSSR count). The number of aromatic nitrogens is 2. The molecular formula is C26H28N4O4. The van der Waals surface area contributed by atoms with Gasteiger partial charge >= 0.3 is 0 Å². The molecule has 8 heteroatoms. The summed E-state index contributed by atoms with van der Waals surface area (Å²) in [5.74, 6) is 0.962. The lowest BCUT2D eigenvalue weighted by Crippen LogP contribution is -2.30. The van der Waals surface area contributed by atoms with Gasteiger partial charge in [0.25, 0.3) is 11.8 Å². The van der Waals surface area contributed by atoms with Crippen LogP contribution in [-0.2, 0) is 13.1 Å². The predicted molar refractivity (Wildman–Crippen MR) is 126 cm³/mol. The second-order valence-electron chi connectivity index (χ2n) is 8.81. The first kappa shape index (κ1) is 22.0. The van der Waals surface area contributed by atoms with Gasteiger partial charge in [0, 0.05) is 25.7 Å². The zero-order valence-electron chi connectivity index (χ0n) is 19.4. The molecule has 176 valence electrons. The summed E-state index contributed by atoms with van der Waals surface area (Å²) in [5.41, 5.74) is 3.84. The Morgan fingerprint density at radius 2 is 1.91 bits per heavy atom. The average Bonchev–Trinajstić information content (AvgIpc) is 3.21. The number of benzene rings is 2. The Morgan fingerprint density at radius 3 is 2.74 bits per heavy atom. The maximum atomic E-state index is 13.2. The van der Waals surface area contributed by atoms with E-state index < -0.39 is 0 Å². The van der Waals surface area contributed by atoms with Crippen LogP contribution in [0.4, 0.5) is 0 Å². The van der Waals surface area contributed by atoms with E-state index in [1.807, 2.05) is 55.1 Å². The maximum Gasteiger partial charge on any atom is 0.272 e. The molecule has 2 aromatic carbocycles. The number of amides is 2. The Hall–Kier alpha value is -3.81. The zero-order chi connectivity index (χ0) is 23.7. The van der Waals surface area contributed by atoms with E-state index in [-0.39, 0.29) is 23.6 Å². The van der Waals surface area contributed by atoms with E-state index in [0.717, 1.165) is 23.1 Å². The van der Waals surface area contributed by atoms with Gasteiger partial charge in [0.2, 0.25) is 0 Å². The molecule has 3 aromatic rings. The molecule has 0 saturated heterocycles. The third kappa shape index (κ3) is 4.48. The van der Waals surface area contributed by atoms with Gasteiger partial charge in [-0.15, -0.1) is 0 Å². The van der Waals surface area contributed by atoms with Crippen molar-refractivity contribution < 1.29 is 19.1 Å². The molecule has 1 unspecified atom stereocenters. The van der Waals surface area contributed by atoms with Crippen molar-refractivity contribution in [3.05, 3.63) is 76.6 Å². The highest BCUT2D eigenvalue weighted by molar-refractivity contribution is 5.98. The van der Waals surface area contributed by atoms with Gasteiger partial charge in [-0.2, -0.15) is 5.10 Å². The van der Waals surface area contributed by atoms with Crippen molar-refractivity contribution in [2.24, 2.45) is 0 Å². The maximum absolute atomic E-state index is 13.2. The molecule has 0 bridgehead atoms. The second kappa shape index (κ2) is 9.21. The minimum Gasteiger partial charge on any atom is -0.486 e. The molecule has 34 heavy (non-hydrogen) atoms. The fraction of sp³-hybridized carbons (Fsp3) is 0.346. The summed E-state index contributed by atoms with van der Waals surface area (Å²) in [4.78, 5) is 28.0. The Balaban J connectivity index is 1.30. The summed E-state index contributed by atoms with van der Waals surface area (Å²) in [6.45, 7) is 6.76. The van der Waals surface area contributed by atoms with Crippen LogP contribution in [-0.4, -0.2) is 46.3 Å². The van der Waals surface area contributed by atoms with Gasteiger partial charge in [-0.05, 0) is 43.5 Å². The second-order valence-corrected chi connectivity index (χ2v) is 8.81. The van der Waals surface area contributed by atoms with Crippen LogP contribution in [0.1, 0.15) is 57.1 Å². The third-order valence-electron chi connectivity index (χ3n) is 6.19. The number of hydrogen-bond acceptors (Lipinski definition) is 5. The number of rotatable bonds is 5. The summed E-state index contributed by atoms with van der Waals surface area (Å²) in [5, 5.41) is 7.43. The Bertz CT molecular complexity index is 1240. The molecule has 0 fully saturated rings. The highest BCUT2D eigenvalue weighted by atomic mass is 16.6. The van der Waals surface area contributed by atoms with E-state index in [9.17, 15) is 9.59 Å². The minimum absolute atomic E-state index is 0.106. The lowest BCUT2D eigenvalue weighted by atomic mass is 10.1. The van der Waals surface area contributed by atoms with Gasteiger partial charge in [-0.1, -0.05) is 35.9 Å². The van der Waals surface area contributed by atoms with E-state index >= 15 is 0 Å². The van der Waals surface area contributed by atoms with Crippen LogP contribution >= 0.6 is 0 Å². The smallest absolute Gasteiger partial charge is 0.272 e. The quantitative estimate of drug-likeness (QED) is 0.630. The van der Waals surface area contributed by atoms with Crippen LogP contribution in [0.3, 0.4) is 0 Å². The monoisotopic (exact) mass is 460 g/mol. The van der Waals surface area contributed by atoms with Gasteiger partial charge in [-0.3, -0.25) is 14.3 Å². The predicted octanol–water partition coefficient (Wildman–Crippen LogP) is 3.50. The molecular weight excluding hydrogens is 432 g/mol. The summed E-state index contributed by atoms with van der Waals surface area (Å²) < 4.78 is 12.9. The SMILES string of the molecule is Cc1cccc(CN2CCCn3nc(C(=O)NC(C)c4ccc5c(c4)OCCO5)cc3C2=O)c1. The molecule has 1 aromatic heterocycles. The lowest BCUT2D eigenvalue weighted by molar-refractivity contribution is 0.0745. The van der Waals surface area contributed by atoms with Crippen molar-refractivity contribution >= 4 is 11.8 Å². The largest absolute Gasteiger partial charge is 0.486 e. The summed E-state index contributed by atoms with van der Waals surface area (Å²) in [6.07, 6.45) is 0.779. The van der Waals surface area contributed by atoms with Gasteiger partial charge in [-0.25, -0.2) is 0 Å². The van der Waals surface area contributed by atoms with Crippen LogP contribution in [0.5, 0.6) is 11.5 Å². The molecule has 1 atom stereocenters. The average molecular weight is 461 g/mol. The molecule has 0 aliphatic carbocycles. The van der Waals surface area contributed by atoms with E-state index in [1.54, 1.807) is 10.7 Å². The lowest BCUT2D eigenvalue weighted by Gasteiger charge is -2.21. The van der Waals surface area contributed by atoms with Gasteiger partial charge in [0.05, 0.1) is 6.04 Å². The van der Waals surface area contributed by atoms with Crippen molar-refractivity contribution in [2.45, 2.75) is 39.4 Å². The summed E-state index contributed by atoms with van der Waals surface area (Å²) >= 11 is 0. The number of aryl methyl sites for hydroxylation is 2. The Labute approximate surface area is 198 Å². The van der Waals surface area contributed by atoms with Crippen LogP contribution < -0.4 is 14.8 Å². The van der Waals surface area contributed by atoms with Gasteiger partial charge < -0.3 is 19.7 Å². The topological polar surface area (TPSA) is 85.7 Å². The van der Waals surface area contributed by atoms with E-state index in [0.29, 0.717) is 50.0 Å². The summed E-state index contributed by atoms with van der Waals surface area (Å²) in [6, 6.07) is 15.1. The minimum atomic E-state index is -0.319. The van der Waals surface area contributed by atoms with Gasteiger partial charge in [0.15, 0.2) is 17.2 Å². The molecule has 2 aliphatic heterocycles. The van der Waals surface area contributed by atoms with Crippen molar-refractivity contribution in [1.29, 1.82) is 0 Å². The van der Waals surface area contributed by atoms with Crippen molar-refractivity contribution in [2.75, 3.05) is 19.8 Å². The normalized spacial score (nSPS) is 15.9. The van der Waals surface area contributed by atoms with E-state index in [1.165, 1.54) is 0 Å². The number of fused-ring (bicyclic) bond motifs is 2. The van der Waals surface area contributed by atoms with Crippen LogP contribution in [0, 0.1) is 6.92 Å². The van der Waals surface area contributed by atoms with Crippen LogP contribution in [0.15, 0.2) is 48.5 Å². The number of carbonyl (C=O) groups is 2. The number of hydrogen-bond donors (Lipinski definition) is 1. The molecule has 2 amide bonds. The van der Waals surface area contributed by atoms with Crippen LogP contribution in [0.25, 0.3) is 0 Å². The standard InChI is InChI=1S/C26H28N4O4/c1-17-5-3-6-19(13-17)16-29-9-4-10-30-22(26(29)32)15-21(28-30)25(31)27-18(2)20-7-8-23-24(14-20)34-12-11-33-23/h3,5-8,13-15,18H,4,9-12,16H2,1-2H3,(H,27,31). The molecule has 0 spiro atoms. The first-order valence-electron chi connectivity index (χ1n) is 11.6. The van der Waals surface area contributed by atoms with Crippen LogP contribution in [0.2, 0.25) is 0 Å². The fourth-order valence-corrected chi connectivity index (χ4v) is 4.41. The number of nitrogens with zero attached hydrogens (tertiary/aromatic N) is 3. The highest BCUT2D eigenvalue weighted by Crippen LogP contribution is 2.32. The molecule has 0 radical (unpaired) electrons. The first-order valence-corrected chi connectivity index (χ1v) is 11.6. The van der Waals surface area contributed by atoms with Crippen molar-refractivity contribution in [1.82, 2.24) is 20.0 Å². The number of nitrogens with one attached hydrogen (secondary N) is 1. The van der Waals surface area contributed by atoms with Crippen molar-refractivity contribution in [3.8, 4) is 11.5 Å². The molecule has 3 heterocycles. The molecule has 1 N–H and O–H groups in total. The molecule has 2 aliphatic rings. The third-order valence-corrected chi connectivity index (χ3v) is 6.19. The number of carbonyl (C=O) groups excluding carboxylic acids is 2. The first-order chi connectivity index (χ1) is 16.5. The summed E-state index contributed by atoms with van der Waals surface area (Å²) in [7, 11) is 0. The Kier molecular flexibility index (Phi) is 5.96. The van der Waals surface area contributed by atoms with E-state index in [4.69, 9.17) is 9.47 Å². The number of ether oxygens (including phenoxy) is 2. The Morgan fingerprint density at radius 1 is 1.09 bits per heavy atom. The zero-order valence-corrected chi connectivity index (χ0v) is 19.4. The highest BCUT2D eigenvalue weighted by Gasteiger charge is 2.27.